The zero-order chi connectivity index (χ0) is 19.8. The van der Waals surface area contributed by atoms with E-state index in [1.54, 1.807) is 26.1 Å². The van der Waals surface area contributed by atoms with E-state index in [4.69, 9.17) is 17.5 Å². The molecule has 3 rings (SSSR count). The van der Waals surface area contributed by atoms with Gasteiger partial charge in [-0.25, -0.2) is 4.79 Å². The first-order chi connectivity index (χ1) is 12.7. The summed E-state index contributed by atoms with van der Waals surface area (Å²) in [4.78, 5) is 28.3. The highest BCUT2D eigenvalue weighted by atomic mass is 35.5. The lowest BCUT2D eigenvalue weighted by molar-refractivity contribution is 0.174. The van der Waals surface area contributed by atoms with Gasteiger partial charge in [-0.15, -0.1) is 0 Å². The third-order valence-corrected chi connectivity index (χ3v) is 4.20. The first kappa shape index (κ1) is 16.7. The molecule has 2 aromatic heterocycles. The van der Waals surface area contributed by atoms with E-state index in [1.165, 1.54) is 22.8 Å². The Morgan fingerprint density at radius 2 is 2.04 bits per heavy atom. The lowest BCUT2D eigenvalue weighted by Gasteiger charge is -2.08. The summed E-state index contributed by atoms with van der Waals surface area (Å²) >= 11 is 5.81. The molecule has 1 atom stereocenters. The van der Waals surface area contributed by atoms with Gasteiger partial charge in [-0.2, -0.15) is 4.98 Å². The number of benzene rings is 1. The van der Waals surface area contributed by atoms with Crippen molar-refractivity contribution in [2.24, 2.45) is 7.05 Å². The van der Waals surface area contributed by atoms with Gasteiger partial charge in [0, 0.05) is 30.3 Å². The number of aliphatic hydroxyl groups is 1. The Morgan fingerprint density at radius 3 is 2.73 bits per heavy atom. The zero-order valence-corrected chi connectivity index (χ0v) is 14.9. The summed E-state index contributed by atoms with van der Waals surface area (Å²) in [5, 5.41) is 14.6. The predicted octanol–water partition coefficient (Wildman–Crippen LogP) is 1.22. The summed E-state index contributed by atoms with van der Waals surface area (Å²) in [7, 11) is 1.55. The monoisotopic (exact) mass is 377 g/mol. The molecule has 9 heteroatoms. The first-order valence-electron chi connectivity index (χ1n) is 8.25. The van der Waals surface area contributed by atoms with Crippen molar-refractivity contribution in [2.45, 2.75) is 26.0 Å². The predicted molar refractivity (Wildman–Crippen MR) is 94.2 cm³/mol. The highest BCUT2D eigenvalue weighted by Gasteiger charge is 2.15. The maximum absolute atomic E-state index is 12.2. The Kier molecular flexibility index (Phi) is 4.68. The van der Waals surface area contributed by atoms with Crippen LogP contribution in [-0.4, -0.2) is 24.4 Å². The Balaban J connectivity index is 1.82. The second-order valence-corrected chi connectivity index (χ2v) is 6.22. The number of aryl methyl sites for hydroxylation is 1. The molecule has 136 valence electrons. The van der Waals surface area contributed by atoms with Crippen molar-refractivity contribution in [3.05, 3.63) is 79.2 Å². The molecule has 0 saturated heterocycles. The molecule has 0 radical (unpaired) electrons. The minimum absolute atomic E-state index is 0.0277. The normalized spacial score (nSPS) is 14.1. The van der Waals surface area contributed by atoms with Gasteiger partial charge >= 0.3 is 5.69 Å². The van der Waals surface area contributed by atoms with Crippen LogP contribution in [0.25, 0.3) is 0 Å². The van der Waals surface area contributed by atoms with Gasteiger partial charge in [0.1, 0.15) is 6.54 Å². The lowest BCUT2D eigenvalue weighted by Crippen LogP contribution is -2.39. The van der Waals surface area contributed by atoms with E-state index >= 15 is 0 Å². The summed E-state index contributed by atoms with van der Waals surface area (Å²) in [6.45, 7) is 1.46. The van der Waals surface area contributed by atoms with Crippen molar-refractivity contribution in [3.8, 4) is 0 Å². The number of halogens is 1. The average Bonchev–Trinajstić information content (AvgIpc) is 3.03. The van der Waals surface area contributed by atoms with Crippen LogP contribution in [0.1, 0.15) is 30.4 Å². The Bertz CT molecular complexity index is 1090. The smallest absolute Gasteiger partial charge is 0.331 e. The third kappa shape index (κ3) is 3.76. The summed E-state index contributed by atoms with van der Waals surface area (Å²) in [5.74, 6) is 0.106. The van der Waals surface area contributed by atoms with Crippen molar-refractivity contribution < 1.29 is 11.0 Å². The van der Waals surface area contributed by atoms with Crippen molar-refractivity contribution in [1.82, 2.24) is 19.3 Å². The maximum atomic E-state index is 12.2. The van der Waals surface area contributed by atoms with Crippen molar-refractivity contribution in [2.75, 3.05) is 0 Å². The third-order valence-electron chi connectivity index (χ3n) is 3.95. The molecule has 0 saturated carbocycles. The van der Waals surface area contributed by atoms with Crippen LogP contribution in [0, 0.1) is 6.92 Å². The van der Waals surface area contributed by atoms with Gasteiger partial charge in [0.15, 0.2) is 5.82 Å². The summed E-state index contributed by atoms with van der Waals surface area (Å²) in [6.07, 6.45) is -2.22. The molecule has 2 heterocycles. The van der Waals surface area contributed by atoms with E-state index in [1.807, 2.05) is 0 Å². The van der Waals surface area contributed by atoms with Crippen LogP contribution < -0.4 is 11.2 Å². The summed E-state index contributed by atoms with van der Waals surface area (Å²) in [5.41, 5.74) is -0.122. The molecule has 26 heavy (non-hydrogen) atoms. The topological polar surface area (TPSA) is 103 Å². The van der Waals surface area contributed by atoms with Gasteiger partial charge in [-0.05, 0) is 24.6 Å². The van der Waals surface area contributed by atoms with E-state index in [0.717, 1.165) is 4.57 Å². The van der Waals surface area contributed by atoms with Crippen LogP contribution in [-0.2, 0) is 20.0 Å². The molecule has 0 spiro atoms. The number of nitrogens with zero attached hydrogens (tertiary/aromatic N) is 4. The largest absolute Gasteiger partial charge is 0.388 e. The Morgan fingerprint density at radius 1 is 1.35 bits per heavy atom. The standard InChI is InChI=1S/C17H17ClN4O4/c1-10-7-16(24)22(17(25)21(10)2)9-15-19-14(20-26-15)8-13(23)11-3-5-12(18)6-4-11/h3-7,13,23H,8-9H2,1-2H3/t13-/m1/s1/i13D. The SMILES string of the molecule is [2H][C@@](O)(Cc1noc(Cn2c(=O)cc(C)n(C)c2=O)n1)c1ccc(Cl)cc1. The van der Waals surface area contributed by atoms with Crippen LogP contribution in [0.15, 0.2) is 44.4 Å². The maximum Gasteiger partial charge on any atom is 0.331 e. The minimum atomic E-state index is -1.98. The molecule has 0 aliphatic rings. The molecule has 0 aliphatic heterocycles. The molecule has 0 bridgehead atoms. The minimum Gasteiger partial charge on any atom is -0.388 e. The molecule has 0 aliphatic carbocycles. The average molecular weight is 378 g/mol. The molecule has 0 unspecified atom stereocenters. The second-order valence-electron chi connectivity index (χ2n) is 5.79. The van der Waals surface area contributed by atoms with Crippen LogP contribution in [0.5, 0.6) is 0 Å². The second kappa shape index (κ2) is 7.27. The molecule has 0 fully saturated rings. The van der Waals surface area contributed by atoms with Gasteiger partial charge in [0.25, 0.3) is 5.56 Å². The molecule has 3 aromatic rings. The van der Waals surface area contributed by atoms with E-state index in [9.17, 15) is 14.7 Å². The van der Waals surface area contributed by atoms with E-state index in [2.05, 4.69) is 10.1 Å². The molecule has 0 amide bonds. The van der Waals surface area contributed by atoms with Crippen LogP contribution in [0.4, 0.5) is 0 Å². The van der Waals surface area contributed by atoms with Gasteiger partial charge in [-0.1, -0.05) is 28.9 Å². The lowest BCUT2D eigenvalue weighted by atomic mass is 10.1. The fraction of sp³-hybridized carbons (Fsp3) is 0.294. The fourth-order valence-corrected chi connectivity index (χ4v) is 2.51. The molecular formula is C17H17ClN4O4. The summed E-state index contributed by atoms with van der Waals surface area (Å²) < 4.78 is 15.5. The van der Waals surface area contributed by atoms with Crippen molar-refractivity contribution in [3.63, 3.8) is 0 Å². The van der Waals surface area contributed by atoms with Crippen LogP contribution in [0.3, 0.4) is 0 Å². The van der Waals surface area contributed by atoms with E-state index in [0.29, 0.717) is 16.3 Å². The molecule has 1 N–H and O–H groups in total. The Labute approximate surface area is 154 Å². The van der Waals surface area contributed by atoms with Crippen LogP contribution >= 0.6 is 11.6 Å². The quantitative estimate of drug-likeness (QED) is 0.717. The zero-order valence-electron chi connectivity index (χ0n) is 15.1. The number of hydrogen-bond acceptors (Lipinski definition) is 6. The summed E-state index contributed by atoms with van der Waals surface area (Å²) in [6, 6.07) is 7.54. The number of hydrogen-bond donors (Lipinski definition) is 1. The highest BCUT2D eigenvalue weighted by Crippen LogP contribution is 2.19. The van der Waals surface area contributed by atoms with Gasteiger partial charge < -0.3 is 14.2 Å². The molecular weight excluding hydrogens is 360 g/mol. The van der Waals surface area contributed by atoms with Gasteiger partial charge in [-0.3, -0.25) is 9.36 Å². The van der Waals surface area contributed by atoms with Crippen LogP contribution in [0.2, 0.25) is 5.02 Å². The van der Waals surface area contributed by atoms with Crippen molar-refractivity contribution >= 4 is 11.6 Å². The Hall–Kier alpha value is -2.71. The van der Waals surface area contributed by atoms with E-state index < -0.39 is 17.3 Å². The highest BCUT2D eigenvalue weighted by molar-refractivity contribution is 6.30. The fourth-order valence-electron chi connectivity index (χ4n) is 2.38. The molecule has 8 nitrogen and oxygen atoms in total. The van der Waals surface area contributed by atoms with E-state index in [-0.39, 0.29) is 24.7 Å². The molecule has 1 aromatic carbocycles. The van der Waals surface area contributed by atoms with Crippen molar-refractivity contribution in [1.29, 1.82) is 0 Å². The first-order valence-corrected chi connectivity index (χ1v) is 8.12. The number of rotatable bonds is 5. The van der Waals surface area contributed by atoms with Gasteiger partial charge in [0.2, 0.25) is 5.89 Å². The van der Waals surface area contributed by atoms with Gasteiger partial charge in [0.05, 0.1) is 7.45 Å². The number of aromatic nitrogens is 4.